The maximum absolute atomic E-state index is 12.7. The fourth-order valence-electron chi connectivity index (χ4n) is 3.04. The van der Waals surface area contributed by atoms with E-state index in [0.29, 0.717) is 18.9 Å². The first-order valence-electron chi connectivity index (χ1n) is 7.86. The molecule has 1 aliphatic heterocycles. The van der Waals surface area contributed by atoms with Gasteiger partial charge in [-0.15, -0.1) is 0 Å². The van der Waals surface area contributed by atoms with Crippen LogP contribution < -0.4 is 5.73 Å². The molecule has 2 amide bonds. The monoisotopic (exact) mass is 328 g/mol. The molecule has 1 fully saturated rings. The van der Waals surface area contributed by atoms with Gasteiger partial charge in [0.2, 0.25) is 5.91 Å². The van der Waals surface area contributed by atoms with Gasteiger partial charge in [-0.3, -0.25) is 9.59 Å². The highest BCUT2D eigenvalue weighted by Gasteiger charge is 2.34. The summed E-state index contributed by atoms with van der Waals surface area (Å²) in [6, 6.07) is 3.00. The number of hydrogen-bond donors (Lipinski definition) is 1. The molecular weight excluding hydrogens is 308 g/mol. The third-order valence-electron chi connectivity index (χ3n) is 4.11. The second-order valence-corrected chi connectivity index (χ2v) is 6.09. The molecule has 1 saturated heterocycles. The minimum atomic E-state index is -0.555. The average molecular weight is 328 g/mol. The largest absolute Gasteiger partial charge is 0.368 e. The molecule has 3 rings (SSSR count). The number of carbonyl (C=O) groups excluding carboxylic acids is 2. The number of nitrogens with two attached hydrogens (primary N) is 1. The molecule has 1 atom stereocenters. The Balaban J connectivity index is 1.94. The first kappa shape index (κ1) is 16.1. The van der Waals surface area contributed by atoms with Gasteiger partial charge in [-0.05, 0) is 45.7 Å². The Morgan fingerprint density at radius 1 is 1.17 bits per heavy atom. The molecular formula is C16H20N6O2. The lowest BCUT2D eigenvalue weighted by Crippen LogP contribution is -2.43. The summed E-state index contributed by atoms with van der Waals surface area (Å²) >= 11 is 0. The van der Waals surface area contributed by atoms with Crippen molar-refractivity contribution in [3.8, 4) is 5.95 Å². The van der Waals surface area contributed by atoms with E-state index in [0.717, 1.165) is 23.5 Å². The lowest BCUT2D eigenvalue weighted by Gasteiger charge is -2.20. The van der Waals surface area contributed by atoms with Gasteiger partial charge in [-0.1, -0.05) is 0 Å². The lowest BCUT2D eigenvalue weighted by molar-refractivity contribution is -0.121. The molecule has 8 heteroatoms. The van der Waals surface area contributed by atoms with E-state index in [4.69, 9.17) is 5.73 Å². The van der Waals surface area contributed by atoms with Crippen molar-refractivity contribution in [1.82, 2.24) is 24.6 Å². The summed E-state index contributed by atoms with van der Waals surface area (Å²) < 4.78 is 1.54. The molecule has 3 heterocycles. The maximum Gasteiger partial charge on any atom is 0.275 e. The fourth-order valence-corrected chi connectivity index (χ4v) is 3.04. The third-order valence-corrected chi connectivity index (χ3v) is 4.11. The van der Waals surface area contributed by atoms with E-state index in [1.54, 1.807) is 10.7 Å². The number of aromatic nitrogens is 4. The number of likely N-dealkylation sites (tertiary alicyclic amines) is 1. The second-order valence-electron chi connectivity index (χ2n) is 6.09. The molecule has 0 spiro atoms. The Hall–Kier alpha value is -2.77. The van der Waals surface area contributed by atoms with Crippen LogP contribution >= 0.6 is 0 Å². The predicted molar refractivity (Wildman–Crippen MR) is 86.6 cm³/mol. The fraction of sp³-hybridized carbons (Fsp3) is 0.438. The number of nitrogens with zero attached hydrogens (tertiary/aromatic N) is 5. The quantitative estimate of drug-likeness (QED) is 0.891. The molecule has 0 radical (unpaired) electrons. The number of amides is 2. The molecule has 126 valence electrons. The summed E-state index contributed by atoms with van der Waals surface area (Å²) in [5.41, 5.74) is 8.06. The van der Waals surface area contributed by atoms with E-state index >= 15 is 0 Å². The van der Waals surface area contributed by atoms with Crippen LogP contribution in [0.25, 0.3) is 5.95 Å². The van der Waals surface area contributed by atoms with Gasteiger partial charge in [0.05, 0.1) is 0 Å². The summed E-state index contributed by atoms with van der Waals surface area (Å²) in [6.07, 6.45) is 1.36. The first-order chi connectivity index (χ1) is 11.4. The maximum atomic E-state index is 12.7. The van der Waals surface area contributed by atoms with E-state index in [1.807, 2.05) is 26.8 Å². The predicted octanol–water partition coefficient (Wildman–Crippen LogP) is 0.677. The van der Waals surface area contributed by atoms with E-state index in [-0.39, 0.29) is 11.6 Å². The van der Waals surface area contributed by atoms with Crippen LogP contribution in [-0.2, 0) is 4.79 Å². The van der Waals surface area contributed by atoms with E-state index < -0.39 is 11.9 Å². The molecule has 1 aliphatic rings. The van der Waals surface area contributed by atoms with Crippen LogP contribution in [0.15, 0.2) is 12.1 Å². The normalized spacial score (nSPS) is 17.3. The van der Waals surface area contributed by atoms with Crippen molar-refractivity contribution >= 4 is 11.8 Å². The van der Waals surface area contributed by atoms with Gasteiger partial charge in [0.25, 0.3) is 11.9 Å². The molecule has 0 unspecified atom stereocenters. The first-order valence-corrected chi connectivity index (χ1v) is 7.86. The van der Waals surface area contributed by atoms with Crippen molar-refractivity contribution < 1.29 is 9.59 Å². The highest BCUT2D eigenvalue weighted by atomic mass is 16.2. The summed E-state index contributed by atoms with van der Waals surface area (Å²) in [5, 5.41) is 4.35. The number of carbonyl (C=O) groups is 2. The van der Waals surface area contributed by atoms with Gasteiger partial charge < -0.3 is 10.6 Å². The number of primary amides is 1. The zero-order valence-electron chi connectivity index (χ0n) is 14.0. The van der Waals surface area contributed by atoms with Crippen LogP contribution in [0.3, 0.4) is 0 Å². The van der Waals surface area contributed by atoms with Crippen molar-refractivity contribution in [1.29, 1.82) is 0 Å². The highest BCUT2D eigenvalue weighted by molar-refractivity contribution is 5.96. The Bertz CT molecular complexity index is 793. The van der Waals surface area contributed by atoms with Crippen molar-refractivity contribution in [2.75, 3.05) is 6.54 Å². The van der Waals surface area contributed by atoms with Gasteiger partial charge in [0.15, 0.2) is 5.69 Å². The van der Waals surface area contributed by atoms with Crippen LogP contribution in [0.4, 0.5) is 0 Å². The lowest BCUT2D eigenvalue weighted by atomic mass is 10.2. The van der Waals surface area contributed by atoms with Gasteiger partial charge in [-0.25, -0.2) is 14.6 Å². The van der Waals surface area contributed by atoms with E-state index in [9.17, 15) is 9.59 Å². The van der Waals surface area contributed by atoms with Gasteiger partial charge >= 0.3 is 0 Å². The van der Waals surface area contributed by atoms with Crippen molar-refractivity contribution in [2.45, 2.75) is 39.7 Å². The Morgan fingerprint density at radius 2 is 1.83 bits per heavy atom. The van der Waals surface area contributed by atoms with Crippen LogP contribution in [0.1, 0.15) is 40.4 Å². The van der Waals surface area contributed by atoms with Gasteiger partial charge in [0.1, 0.15) is 6.04 Å². The number of hydrogen-bond acceptors (Lipinski definition) is 5. The summed E-state index contributed by atoms with van der Waals surface area (Å²) in [6.45, 7) is 6.11. The van der Waals surface area contributed by atoms with Crippen LogP contribution in [0.2, 0.25) is 0 Å². The smallest absolute Gasteiger partial charge is 0.275 e. The van der Waals surface area contributed by atoms with Crippen molar-refractivity contribution in [3.63, 3.8) is 0 Å². The van der Waals surface area contributed by atoms with Crippen LogP contribution in [0, 0.1) is 20.8 Å². The summed E-state index contributed by atoms with van der Waals surface area (Å²) in [5.74, 6) is -0.339. The number of rotatable bonds is 3. The SMILES string of the molecule is Cc1cc(C)nc(-n2nc(C(=O)N3CCC[C@H]3C(N)=O)cc2C)n1. The number of aryl methyl sites for hydroxylation is 3. The van der Waals surface area contributed by atoms with Gasteiger partial charge in [0, 0.05) is 23.6 Å². The molecule has 0 aromatic carbocycles. The van der Waals surface area contributed by atoms with Crippen LogP contribution in [-0.4, -0.2) is 49.0 Å². The highest BCUT2D eigenvalue weighted by Crippen LogP contribution is 2.20. The minimum absolute atomic E-state index is 0.267. The molecule has 0 saturated carbocycles. The van der Waals surface area contributed by atoms with Crippen molar-refractivity contribution in [3.05, 3.63) is 34.9 Å². The Labute approximate surface area is 139 Å². The zero-order valence-corrected chi connectivity index (χ0v) is 14.0. The average Bonchev–Trinajstić information content (AvgIpc) is 3.12. The molecule has 2 aromatic rings. The molecule has 2 aromatic heterocycles. The molecule has 2 N–H and O–H groups in total. The Kier molecular flexibility index (Phi) is 4.04. The second kappa shape index (κ2) is 6.03. The summed E-state index contributed by atoms with van der Waals surface area (Å²) in [7, 11) is 0. The van der Waals surface area contributed by atoms with Gasteiger partial charge in [-0.2, -0.15) is 5.10 Å². The van der Waals surface area contributed by atoms with E-state index in [2.05, 4.69) is 15.1 Å². The minimum Gasteiger partial charge on any atom is -0.368 e. The van der Waals surface area contributed by atoms with Crippen molar-refractivity contribution in [2.24, 2.45) is 5.73 Å². The molecule has 0 aliphatic carbocycles. The molecule has 24 heavy (non-hydrogen) atoms. The molecule has 8 nitrogen and oxygen atoms in total. The Morgan fingerprint density at radius 3 is 2.46 bits per heavy atom. The zero-order chi connectivity index (χ0) is 17.4. The standard InChI is InChI=1S/C16H20N6O2/c1-9-7-10(2)19-16(18-9)22-11(3)8-12(20-22)15(24)21-6-4-5-13(21)14(17)23/h7-8,13H,4-6H2,1-3H3,(H2,17,23)/t13-/m0/s1. The van der Waals surface area contributed by atoms with E-state index in [1.165, 1.54) is 4.90 Å². The topological polar surface area (TPSA) is 107 Å². The summed E-state index contributed by atoms with van der Waals surface area (Å²) in [4.78, 5) is 34.4. The third kappa shape index (κ3) is 2.86. The molecule has 0 bridgehead atoms. The van der Waals surface area contributed by atoms with Crippen LogP contribution in [0.5, 0.6) is 0 Å².